The molecule has 1 amide bonds. The molecular weight excluding hydrogens is 281 g/mol. The third-order valence-corrected chi connectivity index (χ3v) is 3.52. The molecule has 0 unspecified atom stereocenters. The molecular formula is C15H17F3N2O. The zero-order valence-corrected chi connectivity index (χ0v) is 11.7. The number of alkyl halides is 3. The second kappa shape index (κ2) is 5.89. The van der Waals surface area contributed by atoms with E-state index in [1.165, 1.54) is 12.1 Å². The molecule has 0 spiro atoms. The first-order chi connectivity index (χ1) is 9.77. The van der Waals surface area contributed by atoms with Crippen LogP contribution in [-0.2, 0) is 11.0 Å². The van der Waals surface area contributed by atoms with E-state index < -0.39 is 11.7 Å². The second-order valence-electron chi connectivity index (χ2n) is 5.24. The van der Waals surface area contributed by atoms with Crippen LogP contribution in [0.25, 0.3) is 5.57 Å². The summed E-state index contributed by atoms with van der Waals surface area (Å²) in [5, 5.41) is 0. The Kier molecular flexibility index (Phi) is 4.37. The average molecular weight is 298 g/mol. The first kappa shape index (κ1) is 15.6. The number of benzene rings is 1. The van der Waals surface area contributed by atoms with Gasteiger partial charge in [-0.25, -0.2) is 0 Å². The van der Waals surface area contributed by atoms with Gasteiger partial charge < -0.3 is 10.6 Å². The van der Waals surface area contributed by atoms with Crippen LogP contribution in [-0.4, -0.2) is 29.9 Å². The van der Waals surface area contributed by atoms with Gasteiger partial charge in [-0.3, -0.25) is 4.79 Å². The van der Waals surface area contributed by atoms with E-state index in [0.29, 0.717) is 24.2 Å². The lowest BCUT2D eigenvalue weighted by molar-refractivity contribution is -0.137. The summed E-state index contributed by atoms with van der Waals surface area (Å²) in [4.78, 5) is 13.6. The molecule has 2 N–H and O–H groups in total. The molecule has 2 rings (SSSR count). The van der Waals surface area contributed by atoms with E-state index in [-0.39, 0.29) is 11.9 Å². The molecule has 0 aromatic heterocycles. The van der Waals surface area contributed by atoms with Crippen molar-refractivity contribution >= 4 is 11.5 Å². The van der Waals surface area contributed by atoms with Gasteiger partial charge in [0.2, 0.25) is 5.91 Å². The van der Waals surface area contributed by atoms with Gasteiger partial charge in [-0.1, -0.05) is 12.1 Å². The maximum Gasteiger partial charge on any atom is 0.416 e. The Morgan fingerprint density at radius 3 is 2.71 bits per heavy atom. The van der Waals surface area contributed by atoms with E-state index in [0.717, 1.165) is 18.6 Å². The van der Waals surface area contributed by atoms with Gasteiger partial charge in [0.1, 0.15) is 0 Å². The topological polar surface area (TPSA) is 46.3 Å². The number of hydrogen-bond donors (Lipinski definition) is 1. The molecule has 1 aliphatic rings. The highest BCUT2D eigenvalue weighted by atomic mass is 19.4. The lowest BCUT2D eigenvalue weighted by Crippen LogP contribution is -2.30. The standard InChI is InChI=1S/C15H17F3N2O/c1-10(7-14(21)20-6-5-13(19)9-20)11-3-2-4-12(8-11)15(16,17)18/h2-4,7-8,13H,5-6,9,19H2,1H3/b10-7+/t13-/m0/s1. The van der Waals surface area contributed by atoms with Crippen molar-refractivity contribution in [1.82, 2.24) is 4.90 Å². The first-order valence-corrected chi connectivity index (χ1v) is 6.68. The van der Waals surface area contributed by atoms with Gasteiger partial charge in [0.15, 0.2) is 0 Å². The van der Waals surface area contributed by atoms with Crippen molar-refractivity contribution in [2.45, 2.75) is 25.6 Å². The molecule has 1 saturated heterocycles. The molecule has 3 nitrogen and oxygen atoms in total. The summed E-state index contributed by atoms with van der Waals surface area (Å²) in [5.74, 6) is -0.210. The smallest absolute Gasteiger partial charge is 0.338 e. The quantitative estimate of drug-likeness (QED) is 0.853. The van der Waals surface area contributed by atoms with E-state index in [1.54, 1.807) is 17.9 Å². The molecule has 1 aromatic carbocycles. The van der Waals surface area contributed by atoms with Crippen LogP contribution < -0.4 is 5.73 Å². The third kappa shape index (κ3) is 3.85. The number of nitrogens with zero attached hydrogens (tertiary/aromatic N) is 1. The summed E-state index contributed by atoms with van der Waals surface area (Å²) in [7, 11) is 0. The fourth-order valence-electron chi connectivity index (χ4n) is 2.29. The Bertz CT molecular complexity index is 566. The Balaban J connectivity index is 2.17. The van der Waals surface area contributed by atoms with E-state index >= 15 is 0 Å². The molecule has 114 valence electrons. The van der Waals surface area contributed by atoms with Crippen molar-refractivity contribution in [3.05, 3.63) is 41.5 Å². The van der Waals surface area contributed by atoms with Crippen molar-refractivity contribution in [2.75, 3.05) is 13.1 Å². The molecule has 1 aliphatic heterocycles. The molecule has 0 aliphatic carbocycles. The highest BCUT2D eigenvalue weighted by Crippen LogP contribution is 2.30. The Hall–Kier alpha value is -1.82. The number of amides is 1. The van der Waals surface area contributed by atoms with E-state index in [1.807, 2.05) is 0 Å². The summed E-state index contributed by atoms with van der Waals surface area (Å²) < 4.78 is 38.0. The van der Waals surface area contributed by atoms with Crippen LogP contribution in [0.15, 0.2) is 30.3 Å². The Morgan fingerprint density at radius 2 is 2.14 bits per heavy atom. The minimum Gasteiger partial charge on any atom is -0.338 e. The van der Waals surface area contributed by atoms with Gasteiger partial charge >= 0.3 is 6.18 Å². The monoisotopic (exact) mass is 298 g/mol. The van der Waals surface area contributed by atoms with Crippen molar-refractivity contribution in [1.29, 1.82) is 0 Å². The molecule has 1 heterocycles. The number of carbonyl (C=O) groups is 1. The third-order valence-electron chi connectivity index (χ3n) is 3.52. The number of halogens is 3. The summed E-state index contributed by atoms with van der Waals surface area (Å²) in [6, 6.07) is 4.94. The van der Waals surface area contributed by atoms with Crippen molar-refractivity contribution in [3.63, 3.8) is 0 Å². The SMILES string of the molecule is C/C(=C\C(=O)N1CC[C@H](N)C1)c1cccc(C(F)(F)F)c1. The maximum atomic E-state index is 12.7. The fraction of sp³-hybridized carbons (Fsp3) is 0.400. The van der Waals surface area contributed by atoms with Gasteiger partial charge in [0.05, 0.1) is 5.56 Å². The molecule has 0 bridgehead atoms. The second-order valence-corrected chi connectivity index (χ2v) is 5.24. The largest absolute Gasteiger partial charge is 0.416 e. The van der Waals surface area contributed by atoms with E-state index in [9.17, 15) is 18.0 Å². The maximum absolute atomic E-state index is 12.7. The lowest BCUT2D eigenvalue weighted by atomic mass is 10.0. The predicted molar refractivity (Wildman–Crippen MR) is 74.3 cm³/mol. The predicted octanol–water partition coefficient (Wildman–Crippen LogP) is 2.67. The van der Waals surface area contributed by atoms with Crippen molar-refractivity contribution < 1.29 is 18.0 Å². The van der Waals surface area contributed by atoms with Gasteiger partial charge in [-0.05, 0) is 36.6 Å². The van der Waals surface area contributed by atoms with Crippen LogP contribution in [0, 0.1) is 0 Å². The fourth-order valence-corrected chi connectivity index (χ4v) is 2.29. The molecule has 0 radical (unpaired) electrons. The Labute approximate surface area is 121 Å². The molecule has 1 atom stereocenters. The normalized spacial score (nSPS) is 20.0. The summed E-state index contributed by atoms with van der Waals surface area (Å²) in [5.41, 5.74) is 5.91. The van der Waals surface area contributed by atoms with Crippen LogP contribution in [0.2, 0.25) is 0 Å². The van der Waals surface area contributed by atoms with Crippen LogP contribution >= 0.6 is 0 Å². The van der Waals surface area contributed by atoms with Gasteiger partial charge in [0.25, 0.3) is 0 Å². The highest BCUT2D eigenvalue weighted by molar-refractivity contribution is 5.95. The number of rotatable bonds is 2. The van der Waals surface area contributed by atoms with Crippen molar-refractivity contribution in [3.8, 4) is 0 Å². The number of carbonyl (C=O) groups excluding carboxylic acids is 1. The van der Waals surface area contributed by atoms with Gasteiger partial charge in [-0.2, -0.15) is 13.2 Å². The van der Waals surface area contributed by atoms with Crippen LogP contribution in [0.1, 0.15) is 24.5 Å². The minimum atomic E-state index is -4.39. The summed E-state index contributed by atoms with van der Waals surface area (Å²) in [6.07, 6.45) is -2.27. The number of hydrogen-bond acceptors (Lipinski definition) is 2. The molecule has 21 heavy (non-hydrogen) atoms. The molecule has 1 aromatic rings. The van der Waals surface area contributed by atoms with Gasteiger partial charge in [-0.15, -0.1) is 0 Å². The van der Waals surface area contributed by atoms with Crippen LogP contribution in [0.4, 0.5) is 13.2 Å². The number of allylic oxidation sites excluding steroid dienone is 1. The Morgan fingerprint density at radius 1 is 1.43 bits per heavy atom. The molecule has 0 saturated carbocycles. The van der Waals surface area contributed by atoms with Crippen LogP contribution in [0.3, 0.4) is 0 Å². The molecule has 6 heteroatoms. The van der Waals surface area contributed by atoms with Gasteiger partial charge in [0, 0.05) is 25.2 Å². The average Bonchev–Trinajstić information content (AvgIpc) is 2.84. The van der Waals surface area contributed by atoms with Crippen molar-refractivity contribution in [2.24, 2.45) is 5.73 Å². The summed E-state index contributed by atoms with van der Waals surface area (Å²) >= 11 is 0. The number of likely N-dealkylation sites (tertiary alicyclic amines) is 1. The molecule has 1 fully saturated rings. The van der Waals surface area contributed by atoms with Crippen LogP contribution in [0.5, 0.6) is 0 Å². The first-order valence-electron chi connectivity index (χ1n) is 6.68. The van der Waals surface area contributed by atoms with E-state index in [4.69, 9.17) is 5.73 Å². The van der Waals surface area contributed by atoms with E-state index in [2.05, 4.69) is 0 Å². The zero-order chi connectivity index (χ0) is 15.6. The zero-order valence-electron chi connectivity index (χ0n) is 11.7. The minimum absolute atomic E-state index is 0.0174. The number of nitrogens with two attached hydrogens (primary N) is 1. The lowest BCUT2D eigenvalue weighted by Gasteiger charge is -2.14. The highest BCUT2D eigenvalue weighted by Gasteiger charge is 2.30. The summed E-state index contributed by atoms with van der Waals surface area (Å²) in [6.45, 7) is 2.71.